The average Bonchev–Trinajstić information content (AvgIpc) is 2.75. The third-order valence-corrected chi connectivity index (χ3v) is 4.44. The minimum Gasteiger partial charge on any atom is -0.491 e. The standard InChI is InChI=1S/C23H28N4O2/c1-3-8-17-15-24-23(27-22(17)25-18-9-6-5-7-10-18)26-19-11-13-21(14-12-19)29-16-20(28)4-2/h5-7,9-15,20,28H,3-4,8,16H2,1-2H3,(H2,24,25,26,27). The predicted molar refractivity (Wildman–Crippen MR) is 117 cm³/mol. The second-order valence-corrected chi connectivity index (χ2v) is 6.83. The summed E-state index contributed by atoms with van der Waals surface area (Å²) in [4.78, 5) is 9.14. The van der Waals surface area contributed by atoms with E-state index in [-0.39, 0.29) is 0 Å². The van der Waals surface area contributed by atoms with Crippen LogP contribution in [0, 0.1) is 0 Å². The van der Waals surface area contributed by atoms with Crippen LogP contribution in [0.2, 0.25) is 0 Å². The smallest absolute Gasteiger partial charge is 0.229 e. The molecule has 0 spiro atoms. The molecule has 152 valence electrons. The molecule has 2 aromatic carbocycles. The Hall–Kier alpha value is -3.12. The van der Waals surface area contributed by atoms with Crippen molar-refractivity contribution in [2.24, 2.45) is 0 Å². The molecule has 0 radical (unpaired) electrons. The molecule has 1 heterocycles. The van der Waals surface area contributed by atoms with Gasteiger partial charge in [-0.2, -0.15) is 4.98 Å². The lowest BCUT2D eigenvalue weighted by atomic mass is 10.2. The molecule has 0 saturated carbocycles. The predicted octanol–water partition coefficient (Wildman–Crippen LogP) is 5.07. The fraction of sp³-hybridized carbons (Fsp3) is 0.304. The first-order valence-corrected chi connectivity index (χ1v) is 10.0. The van der Waals surface area contributed by atoms with Gasteiger partial charge in [-0.1, -0.05) is 38.5 Å². The van der Waals surface area contributed by atoms with E-state index in [1.54, 1.807) is 0 Å². The van der Waals surface area contributed by atoms with Crippen LogP contribution in [-0.2, 0) is 6.42 Å². The van der Waals surface area contributed by atoms with Gasteiger partial charge in [-0.25, -0.2) is 4.98 Å². The molecule has 0 amide bonds. The first kappa shape index (κ1) is 20.6. The number of hydrogen-bond acceptors (Lipinski definition) is 6. The van der Waals surface area contributed by atoms with Crippen molar-refractivity contribution in [1.82, 2.24) is 9.97 Å². The van der Waals surface area contributed by atoms with Gasteiger partial charge in [0.1, 0.15) is 18.2 Å². The summed E-state index contributed by atoms with van der Waals surface area (Å²) in [7, 11) is 0. The van der Waals surface area contributed by atoms with Crippen molar-refractivity contribution < 1.29 is 9.84 Å². The number of rotatable bonds is 10. The van der Waals surface area contributed by atoms with Crippen molar-refractivity contribution in [1.29, 1.82) is 0 Å². The minimum atomic E-state index is -0.446. The van der Waals surface area contributed by atoms with Gasteiger partial charge in [-0.05, 0) is 49.2 Å². The number of benzene rings is 2. The van der Waals surface area contributed by atoms with Crippen molar-refractivity contribution in [3.8, 4) is 5.75 Å². The number of ether oxygens (including phenoxy) is 1. The molecule has 29 heavy (non-hydrogen) atoms. The van der Waals surface area contributed by atoms with Crippen molar-refractivity contribution in [2.45, 2.75) is 39.2 Å². The number of hydrogen-bond donors (Lipinski definition) is 3. The SMILES string of the molecule is CCCc1cnc(Nc2ccc(OCC(O)CC)cc2)nc1Nc1ccccc1. The lowest BCUT2D eigenvalue weighted by Crippen LogP contribution is -2.15. The summed E-state index contributed by atoms with van der Waals surface area (Å²) in [5, 5.41) is 16.2. The number of nitrogens with one attached hydrogen (secondary N) is 2. The highest BCUT2D eigenvalue weighted by Crippen LogP contribution is 2.23. The Bertz CT molecular complexity index is 885. The molecule has 3 N–H and O–H groups in total. The molecular formula is C23H28N4O2. The van der Waals surface area contributed by atoms with Gasteiger partial charge in [0, 0.05) is 23.1 Å². The molecule has 0 saturated heterocycles. The largest absolute Gasteiger partial charge is 0.491 e. The number of aliphatic hydroxyl groups is 1. The quantitative estimate of drug-likeness (QED) is 0.447. The molecule has 0 fully saturated rings. The molecule has 1 unspecified atom stereocenters. The average molecular weight is 393 g/mol. The first-order chi connectivity index (χ1) is 14.2. The molecule has 6 heteroatoms. The van der Waals surface area contributed by atoms with Crippen LogP contribution in [0.3, 0.4) is 0 Å². The van der Waals surface area contributed by atoms with Gasteiger partial charge in [-0.15, -0.1) is 0 Å². The monoisotopic (exact) mass is 392 g/mol. The van der Waals surface area contributed by atoms with E-state index >= 15 is 0 Å². The summed E-state index contributed by atoms with van der Waals surface area (Å²) in [6, 6.07) is 17.5. The first-order valence-electron chi connectivity index (χ1n) is 10.0. The molecule has 0 aliphatic rings. The van der Waals surface area contributed by atoms with Gasteiger partial charge < -0.3 is 20.5 Å². The number of anilines is 4. The number of aromatic nitrogens is 2. The molecule has 0 aliphatic carbocycles. The summed E-state index contributed by atoms with van der Waals surface area (Å²) < 4.78 is 5.57. The van der Waals surface area contributed by atoms with Crippen LogP contribution in [0.25, 0.3) is 0 Å². The van der Waals surface area contributed by atoms with Gasteiger partial charge in [0.25, 0.3) is 0 Å². The molecule has 0 aliphatic heterocycles. The van der Waals surface area contributed by atoms with Gasteiger partial charge in [0.2, 0.25) is 5.95 Å². The normalized spacial score (nSPS) is 11.7. The maximum atomic E-state index is 9.60. The fourth-order valence-corrected chi connectivity index (χ4v) is 2.76. The highest BCUT2D eigenvalue weighted by Gasteiger charge is 2.08. The Morgan fingerprint density at radius 2 is 1.69 bits per heavy atom. The lowest BCUT2D eigenvalue weighted by Gasteiger charge is -2.13. The number of aliphatic hydroxyl groups excluding tert-OH is 1. The number of para-hydroxylation sites is 1. The highest BCUT2D eigenvalue weighted by atomic mass is 16.5. The van der Waals surface area contributed by atoms with Crippen LogP contribution in [0.4, 0.5) is 23.1 Å². The van der Waals surface area contributed by atoms with Gasteiger partial charge in [-0.3, -0.25) is 0 Å². The van der Waals surface area contributed by atoms with Gasteiger partial charge >= 0.3 is 0 Å². The van der Waals surface area contributed by atoms with Crippen molar-refractivity contribution in [3.63, 3.8) is 0 Å². The molecule has 1 atom stereocenters. The Labute approximate surface area is 172 Å². The van der Waals surface area contributed by atoms with Crippen LogP contribution >= 0.6 is 0 Å². The Morgan fingerprint density at radius 3 is 2.38 bits per heavy atom. The zero-order valence-corrected chi connectivity index (χ0v) is 16.9. The van der Waals surface area contributed by atoms with Gasteiger partial charge in [0.15, 0.2) is 0 Å². The third kappa shape index (κ3) is 6.19. The summed E-state index contributed by atoms with van der Waals surface area (Å²) in [5.74, 6) is 2.05. The van der Waals surface area contributed by atoms with Crippen molar-refractivity contribution >= 4 is 23.1 Å². The molecular weight excluding hydrogens is 364 g/mol. The molecule has 1 aromatic heterocycles. The lowest BCUT2D eigenvalue weighted by molar-refractivity contribution is 0.104. The second kappa shape index (κ2) is 10.4. The Kier molecular flexibility index (Phi) is 7.41. The summed E-state index contributed by atoms with van der Waals surface area (Å²) in [6.07, 6.45) is 4.02. The van der Waals surface area contributed by atoms with Crippen LogP contribution in [-0.4, -0.2) is 27.8 Å². The minimum absolute atomic E-state index is 0.291. The summed E-state index contributed by atoms with van der Waals surface area (Å²) in [6.45, 7) is 4.36. The summed E-state index contributed by atoms with van der Waals surface area (Å²) >= 11 is 0. The van der Waals surface area contributed by atoms with E-state index in [0.717, 1.165) is 35.6 Å². The van der Waals surface area contributed by atoms with E-state index in [4.69, 9.17) is 4.74 Å². The fourth-order valence-electron chi connectivity index (χ4n) is 2.76. The van der Waals surface area contributed by atoms with E-state index in [1.165, 1.54) is 0 Å². The third-order valence-electron chi connectivity index (χ3n) is 4.44. The topological polar surface area (TPSA) is 79.3 Å². The highest BCUT2D eigenvalue weighted by molar-refractivity contribution is 5.62. The zero-order chi connectivity index (χ0) is 20.5. The van der Waals surface area contributed by atoms with E-state index in [2.05, 4.69) is 27.5 Å². The van der Waals surface area contributed by atoms with Crippen LogP contribution < -0.4 is 15.4 Å². The van der Waals surface area contributed by atoms with Crippen LogP contribution in [0.5, 0.6) is 5.75 Å². The number of nitrogens with zero attached hydrogens (tertiary/aromatic N) is 2. The van der Waals surface area contributed by atoms with Crippen LogP contribution in [0.15, 0.2) is 60.8 Å². The molecule has 3 rings (SSSR count). The van der Waals surface area contributed by atoms with E-state index < -0.39 is 6.10 Å². The van der Waals surface area contributed by atoms with Gasteiger partial charge in [0.05, 0.1) is 6.10 Å². The molecule has 0 bridgehead atoms. The van der Waals surface area contributed by atoms with Crippen molar-refractivity contribution in [3.05, 3.63) is 66.4 Å². The zero-order valence-electron chi connectivity index (χ0n) is 16.9. The Balaban J connectivity index is 1.71. The number of aryl methyl sites for hydroxylation is 1. The van der Waals surface area contributed by atoms with E-state index in [1.807, 2.05) is 67.7 Å². The second-order valence-electron chi connectivity index (χ2n) is 6.83. The maximum Gasteiger partial charge on any atom is 0.229 e. The Morgan fingerprint density at radius 1 is 0.966 bits per heavy atom. The van der Waals surface area contributed by atoms with E-state index in [0.29, 0.717) is 24.7 Å². The maximum absolute atomic E-state index is 9.60. The summed E-state index contributed by atoms with van der Waals surface area (Å²) in [5.41, 5.74) is 2.94. The molecule has 3 aromatic rings. The van der Waals surface area contributed by atoms with Crippen molar-refractivity contribution in [2.75, 3.05) is 17.2 Å². The van der Waals surface area contributed by atoms with Crippen LogP contribution in [0.1, 0.15) is 32.3 Å². The molecule has 6 nitrogen and oxygen atoms in total. The van der Waals surface area contributed by atoms with E-state index in [9.17, 15) is 5.11 Å².